The molecule has 1 N–H and O–H groups in total. The van der Waals surface area contributed by atoms with E-state index in [2.05, 4.69) is 11.9 Å². The van der Waals surface area contributed by atoms with Crippen LogP contribution in [0.2, 0.25) is 5.02 Å². The Morgan fingerprint density at radius 1 is 1.45 bits per heavy atom. The molecule has 108 valence electrons. The molecule has 0 aliphatic carbocycles. The maximum atomic E-state index is 13.7. The third kappa shape index (κ3) is 3.34. The van der Waals surface area contributed by atoms with Gasteiger partial charge in [0.25, 0.3) is 0 Å². The van der Waals surface area contributed by atoms with E-state index in [0.717, 1.165) is 23.8 Å². The van der Waals surface area contributed by atoms with E-state index in [1.165, 1.54) is 17.8 Å². The summed E-state index contributed by atoms with van der Waals surface area (Å²) in [5.41, 5.74) is 1.25. The summed E-state index contributed by atoms with van der Waals surface area (Å²) in [7, 11) is 0. The molecule has 0 saturated carbocycles. The summed E-state index contributed by atoms with van der Waals surface area (Å²) in [6, 6.07) is 4.67. The molecule has 6 heteroatoms. The van der Waals surface area contributed by atoms with Gasteiger partial charge in [0.05, 0.1) is 18.5 Å². The number of aliphatic hydroxyl groups is 1. The lowest BCUT2D eigenvalue weighted by Crippen LogP contribution is -2.04. The van der Waals surface area contributed by atoms with Gasteiger partial charge in [-0.15, -0.1) is 0 Å². The van der Waals surface area contributed by atoms with Crippen molar-refractivity contribution in [2.75, 3.05) is 0 Å². The molecule has 0 saturated heterocycles. The normalized spacial score (nSPS) is 11.0. The van der Waals surface area contributed by atoms with Crippen LogP contribution in [0.3, 0.4) is 0 Å². The first-order chi connectivity index (χ1) is 9.67. The molecule has 0 atom stereocenters. The summed E-state index contributed by atoms with van der Waals surface area (Å²) < 4.78 is 15.7. The molecule has 0 unspecified atom stereocenters. The smallest absolute Gasteiger partial charge is 0.168 e. The molecule has 0 radical (unpaired) electrons. The van der Waals surface area contributed by atoms with Gasteiger partial charge in [0.2, 0.25) is 0 Å². The van der Waals surface area contributed by atoms with E-state index >= 15 is 0 Å². The van der Waals surface area contributed by atoms with Crippen LogP contribution in [-0.4, -0.2) is 14.7 Å². The maximum absolute atomic E-state index is 13.7. The van der Waals surface area contributed by atoms with E-state index < -0.39 is 0 Å². The molecular weight excluding hydrogens is 299 g/mol. The summed E-state index contributed by atoms with van der Waals surface area (Å²) >= 11 is 7.43. The number of thioether (sulfide) groups is 1. The molecule has 0 fully saturated rings. The van der Waals surface area contributed by atoms with Gasteiger partial charge in [-0.1, -0.05) is 36.4 Å². The second-order valence-electron chi connectivity index (χ2n) is 4.33. The van der Waals surface area contributed by atoms with Gasteiger partial charge < -0.3 is 9.67 Å². The number of benzene rings is 1. The quantitative estimate of drug-likeness (QED) is 0.823. The average Bonchev–Trinajstić information content (AvgIpc) is 2.81. The van der Waals surface area contributed by atoms with Crippen LogP contribution in [0.5, 0.6) is 0 Å². The number of nitrogens with zero attached hydrogens (tertiary/aromatic N) is 2. The molecule has 1 heterocycles. The van der Waals surface area contributed by atoms with Crippen LogP contribution in [0, 0.1) is 5.82 Å². The standard InChI is InChI=1S/C14H16ClFN2OS/c1-2-6-18-10(8-19)7-17-14(18)20-9-11-12(15)4-3-5-13(11)16/h3-5,7,19H,2,6,8-9H2,1H3. The fourth-order valence-corrected chi connectivity index (χ4v) is 3.27. The van der Waals surface area contributed by atoms with Crippen LogP contribution in [-0.2, 0) is 18.9 Å². The van der Waals surface area contributed by atoms with Gasteiger partial charge in [-0.3, -0.25) is 0 Å². The molecule has 0 aliphatic rings. The molecule has 1 aromatic carbocycles. The lowest BCUT2D eigenvalue weighted by Gasteiger charge is -2.10. The van der Waals surface area contributed by atoms with Crippen LogP contribution in [0.25, 0.3) is 0 Å². The zero-order chi connectivity index (χ0) is 14.5. The summed E-state index contributed by atoms with van der Waals surface area (Å²) in [4.78, 5) is 4.28. The van der Waals surface area contributed by atoms with Crippen LogP contribution >= 0.6 is 23.4 Å². The Balaban J connectivity index is 2.17. The third-order valence-electron chi connectivity index (χ3n) is 2.92. The Hall–Kier alpha value is -1.04. The lowest BCUT2D eigenvalue weighted by atomic mass is 10.2. The molecule has 20 heavy (non-hydrogen) atoms. The second kappa shape index (κ2) is 7.11. The second-order valence-corrected chi connectivity index (χ2v) is 5.68. The van der Waals surface area contributed by atoms with Crippen LogP contribution < -0.4 is 0 Å². The van der Waals surface area contributed by atoms with Gasteiger partial charge in [0.1, 0.15) is 5.82 Å². The Morgan fingerprint density at radius 2 is 2.25 bits per heavy atom. The topological polar surface area (TPSA) is 38.0 Å². The van der Waals surface area contributed by atoms with Gasteiger partial charge in [0, 0.05) is 22.9 Å². The van der Waals surface area contributed by atoms with E-state index in [9.17, 15) is 9.50 Å². The maximum Gasteiger partial charge on any atom is 0.168 e. The fraction of sp³-hybridized carbons (Fsp3) is 0.357. The lowest BCUT2D eigenvalue weighted by molar-refractivity contribution is 0.269. The van der Waals surface area contributed by atoms with Gasteiger partial charge >= 0.3 is 0 Å². The minimum absolute atomic E-state index is 0.0476. The summed E-state index contributed by atoms with van der Waals surface area (Å²) in [6.45, 7) is 2.79. The summed E-state index contributed by atoms with van der Waals surface area (Å²) in [5, 5.41) is 10.5. The van der Waals surface area contributed by atoms with E-state index in [1.54, 1.807) is 18.3 Å². The first kappa shape index (κ1) is 15.4. The molecule has 2 aromatic rings. The van der Waals surface area contributed by atoms with Crippen molar-refractivity contribution in [3.05, 3.63) is 46.5 Å². The minimum Gasteiger partial charge on any atom is -0.390 e. The van der Waals surface area contributed by atoms with Gasteiger partial charge in [-0.2, -0.15) is 0 Å². The van der Waals surface area contributed by atoms with Crippen molar-refractivity contribution in [1.29, 1.82) is 0 Å². The predicted octanol–water partition coefficient (Wildman–Crippen LogP) is 3.87. The van der Waals surface area contributed by atoms with E-state index in [-0.39, 0.29) is 12.4 Å². The fourth-order valence-electron chi connectivity index (χ4n) is 1.90. The molecule has 0 amide bonds. The molecule has 0 spiro atoms. The van der Waals surface area contributed by atoms with Crippen molar-refractivity contribution in [2.24, 2.45) is 0 Å². The number of aromatic nitrogens is 2. The highest BCUT2D eigenvalue weighted by Gasteiger charge is 2.12. The van der Waals surface area contributed by atoms with Crippen molar-refractivity contribution >= 4 is 23.4 Å². The number of aliphatic hydroxyl groups excluding tert-OH is 1. The zero-order valence-corrected chi connectivity index (χ0v) is 12.7. The van der Waals surface area contributed by atoms with Gasteiger partial charge in [-0.25, -0.2) is 9.37 Å². The Morgan fingerprint density at radius 3 is 2.90 bits per heavy atom. The first-order valence-corrected chi connectivity index (χ1v) is 7.74. The van der Waals surface area contributed by atoms with Crippen molar-refractivity contribution in [3.8, 4) is 0 Å². The molecular formula is C14H16ClFN2OS. The predicted molar refractivity (Wildman–Crippen MR) is 79.4 cm³/mol. The molecule has 1 aromatic heterocycles. The number of hydrogen-bond acceptors (Lipinski definition) is 3. The summed E-state index contributed by atoms with van der Waals surface area (Å²) in [6.07, 6.45) is 2.60. The third-order valence-corrected chi connectivity index (χ3v) is 4.29. The van der Waals surface area contributed by atoms with E-state index in [4.69, 9.17) is 11.6 Å². The Bertz CT molecular complexity index is 568. The molecule has 2 rings (SSSR count). The van der Waals surface area contributed by atoms with Crippen molar-refractivity contribution in [2.45, 2.75) is 37.4 Å². The highest BCUT2D eigenvalue weighted by Crippen LogP contribution is 2.28. The zero-order valence-electron chi connectivity index (χ0n) is 11.1. The minimum atomic E-state index is -0.305. The van der Waals surface area contributed by atoms with Crippen LogP contribution in [0.4, 0.5) is 4.39 Å². The Kier molecular flexibility index (Phi) is 5.46. The van der Waals surface area contributed by atoms with Crippen molar-refractivity contribution < 1.29 is 9.50 Å². The van der Waals surface area contributed by atoms with Gasteiger partial charge in [-0.05, 0) is 18.6 Å². The molecule has 0 aliphatic heterocycles. The molecule has 3 nitrogen and oxygen atoms in total. The largest absolute Gasteiger partial charge is 0.390 e. The first-order valence-electron chi connectivity index (χ1n) is 6.38. The van der Waals surface area contributed by atoms with Gasteiger partial charge in [0.15, 0.2) is 5.16 Å². The van der Waals surface area contributed by atoms with Crippen LogP contribution in [0.15, 0.2) is 29.6 Å². The van der Waals surface area contributed by atoms with Crippen molar-refractivity contribution in [3.63, 3.8) is 0 Å². The van der Waals surface area contributed by atoms with Crippen LogP contribution in [0.1, 0.15) is 24.6 Å². The highest BCUT2D eigenvalue weighted by atomic mass is 35.5. The number of imidazole rings is 1. The summed E-state index contributed by atoms with van der Waals surface area (Å²) in [5.74, 6) is 0.109. The monoisotopic (exact) mass is 314 g/mol. The number of hydrogen-bond donors (Lipinski definition) is 1. The van der Waals surface area contributed by atoms with E-state index in [0.29, 0.717) is 16.3 Å². The average molecular weight is 315 g/mol. The molecule has 0 bridgehead atoms. The Labute approximate surface area is 126 Å². The highest BCUT2D eigenvalue weighted by molar-refractivity contribution is 7.98. The number of rotatable bonds is 6. The SMILES string of the molecule is CCCn1c(CO)cnc1SCc1c(F)cccc1Cl. The van der Waals surface area contributed by atoms with E-state index in [1.807, 2.05) is 4.57 Å². The van der Waals surface area contributed by atoms with Crippen molar-refractivity contribution in [1.82, 2.24) is 9.55 Å². The number of halogens is 2.